The van der Waals surface area contributed by atoms with Gasteiger partial charge in [-0.25, -0.2) is 0 Å². The van der Waals surface area contributed by atoms with E-state index in [1.807, 2.05) is 0 Å². The predicted molar refractivity (Wildman–Crippen MR) is 64.8 cm³/mol. The van der Waals surface area contributed by atoms with Crippen molar-refractivity contribution < 1.29 is 4.42 Å². The molecule has 1 heterocycles. The summed E-state index contributed by atoms with van der Waals surface area (Å²) >= 11 is 0. The van der Waals surface area contributed by atoms with E-state index < -0.39 is 0 Å². The fraction of sp³-hybridized carbons (Fsp3) is 0.833. The van der Waals surface area contributed by atoms with Crippen LogP contribution in [0, 0.1) is 5.92 Å². The van der Waals surface area contributed by atoms with Crippen LogP contribution in [0.2, 0.25) is 0 Å². The largest absolute Gasteiger partial charge is 0.407 e. The van der Waals surface area contributed by atoms with E-state index >= 15 is 0 Å². The van der Waals surface area contributed by atoms with Gasteiger partial charge in [0.25, 0.3) is 0 Å². The molecule has 0 unspecified atom stereocenters. The summed E-state index contributed by atoms with van der Waals surface area (Å²) in [6.07, 6.45) is 5.28. The van der Waals surface area contributed by atoms with Gasteiger partial charge in [0.05, 0.1) is 6.54 Å². The Labute approximate surface area is 102 Å². The van der Waals surface area contributed by atoms with Gasteiger partial charge in [0, 0.05) is 12.6 Å². The van der Waals surface area contributed by atoms with Crippen LogP contribution in [0.25, 0.3) is 0 Å². The lowest BCUT2D eigenvalue weighted by Gasteiger charge is -2.18. The lowest BCUT2D eigenvalue weighted by atomic mass is 10.4. The molecule has 2 aliphatic rings. The minimum absolute atomic E-state index is 0.656. The number of aromatic nitrogens is 2. The molecule has 2 aliphatic carbocycles. The molecular formula is C12H20N4O. The fourth-order valence-corrected chi connectivity index (χ4v) is 2.01. The Morgan fingerprint density at radius 2 is 2.12 bits per heavy atom. The van der Waals surface area contributed by atoms with Gasteiger partial charge in [-0.3, -0.25) is 0 Å². The highest BCUT2D eigenvalue weighted by Gasteiger charge is 2.36. The molecule has 0 radical (unpaired) electrons. The van der Waals surface area contributed by atoms with E-state index in [4.69, 9.17) is 4.42 Å². The van der Waals surface area contributed by atoms with Crippen LogP contribution in [-0.2, 0) is 6.54 Å². The van der Waals surface area contributed by atoms with Crippen molar-refractivity contribution in [3.63, 3.8) is 0 Å². The SMILES string of the molecule is CCNCc1nnc(N(CC2CC2)C2CC2)o1. The molecule has 0 bridgehead atoms. The molecule has 5 nitrogen and oxygen atoms in total. The summed E-state index contributed by atoms with van der Waals surface area (Å²) in [4.78, 5) is 2.32. The molecule has 0 saturated heterocycles. The molecule has 0 amide bonds. The molecule has 0 atom stereocenters. The third-order valence-corrected chi connectivity index (χ3v) is 3.37. The van der Waals surface area contributed by atoms with Gasteiger partial charge >= 0.3 is 6.01 Å². The normalized spacial score (nSPS) is 19.6. The van der Waals surface area contributed by atoms with Crippen LogP contribution in [0.15, 0.2) is 4.42 Å². The zero-order valence-electron chi connectivity index (χ0n) is 10.4. The van der Waals surface area contributed by atoms with Crippen LogP contribution in [0.4, 0.5) is 6.01 Å². The van der Waals surface area contributed by atoms with Gasteiger partial charge in [-0.2, -0.15) is 0 Å². The summed E-state index contributed by atoms with van der Waals surface area (Å²) in [5.74, 6) is 1.56. The van der Waals surface area contributed by atoms with E-state index in [0.29, 0.717) is 18.5 Å². The van der Waals surface area contributed by atoms with Gasteiger partial charge in [-0.1, -0.05) is 12.0 Å². The van der Waals surface area contributed by atoms with Crippen LogP contribution < -0.4 is 10.2 Å². The highest BCUT2D eigenvalue weighted by atomic mass is 16.4. The molecule has 1 N–H and O–H groups in total. The molecule has 0 aromatic carbocycles. The van der Waals surface area contributed by atoms with E-state index in [1.54, 1.807) is 0 Å². The molecule has 1 aromatic rings. The van der Waals surface area contributed by atoms with Gasteiger partial charge in [-0.05, 0) is 38.1 Å². The Bertz CT molecular complexity index is 370. The van der Waals surface area contributed by atoms with Crippen LogP contribution >= 0.6 is 0 Å². The van der Waals surface area contributed by atoms with E-state index in [1.165, 1.54) is 25.7 Å². The first-order valence-electron chi connectivity index (χ1n) is 6.66. The summed E-state index contributed by atoms with van der Waals surface area (Å²) < 4.78 is 5.72. The second-order valence-corrected chi connectivity index (χ2v) is 5.09. The Morgan fingerprint density at radius 3 is 2.76 bits per heavy atom. The van der Waals surface area contributed by atoms with Crippen molar-refractivity contribution in [3.8, 4) is 0 Å². The molecule has 3 rings (SSSR count). The van der Waals surface area contributed by atoms with Crippen LogP contribution in [0.1, 0.15) is 38.5 Å². The molecule has 17 heavy (non-hydrogen) atoms. The average molecular weight is 236 g/mol. The molecule has 2 fully saturated rings. The maximum absolute atomic E-state index is 5.72. The number of hydrogen-bond acceptors (Lipinski definition) is 5. The first-order chi connectivity index (χ1) is 8.36. The number of anilines is 1. The van der Waals surface area contributed by atoms with E-state index in [9.17, 15) is 0 Å². The second kappa shape index (κ2) is 4.64. The molecule has 0 spiro atoms. The van der Waals surface area contributed by atoms with Crippen molar-refractivity contribution >= 4 is 6.01 Å². The van der Waals surface area contributed by atoms with Crippen molar-refractivity contribution in [1.82, 2.24) is 15.5 Å². The van der Waals surface area contributed by atoms with Gasteiger partial charge in [0.2, 0.25) is 5.89 Å². The Kier molecular flexibility index (Phi) is 3.01. The van der Waals surface area contributed by atoms with Crippen molar-refractivity contribution in [2.75, 3.05) is 18.0 Å². The predicted octanol–water partition coefficient (Wildman–Crippen LogP) is 1.56. The summed E-state index contributed by atoms with van der Waals surface area (Å²) in [7, 11) is 0. The van der Waals surface area contributed by atoms with Gasteiger partial charge in [0.15, 0.2) is 0 Å². The van der Waals surface area contributed by atoms with Crippen molar-refractivity contribution in [3.05, 3.63) is 5.89 Å². The molecule has 94 valence electrons. The number of nitrogens with zero attached hydrogens (tertiary/aromatic N) is 3. The maximum atomic E-state index is 5.72. The highest BCUT2D eigenvalue weighted by Crippen LogP contribution is 2.37. The first-order valence-corrected chi connectivity index (χ1v) is 6.66. The van der Waals surface area contributed by atoms with Crippen molar-refractivity contribution in [2.45, 2.75) is 45.2 Å². The van der Waals surface area contributed by atoms with Gasteiger partial charge in [0.1, 0.15) is 0 Å². The van der Waals surface area contributed by atoms with Gasteiger partial charge in [-0.15, -0.1) is 5.10 Å². The topological polar surface area (TPSA) is 54.2 Å². The quantitative estimate of drug-likeness (QED) is 0.778. The molecule has 2 saturated carbocycles. The Balaban J connectivity index is 1.64. The maximum Gasteiger partial charge on any atom is 0.318 e. The van der Waals surface area contributed by atoms with Crippen LogP contribution in [-0.4, -0.2) is 29.3 Å². The van der Waals surface area contributed by atoms with Crippen molar-refractivity contribution in [2.24, 2.45) is 5.92 Å². The molecule has 5 heteroatoms. The fourth-order valence-electron chi connectivity index (χ4n) is 2.01. The average Bonchev–Trinajstić information content (AvgIpc) is 3.23. The van der Waals surface area contributed by atoms with Crippen LogP contribution in [0.3, 0.4) is 0 Å². The zero-order chi connectivity index (χ0) is 11.7. The Hall–Kier alpha value is -1.10. The number of nitrogens with one attached hydrogen (secondary N) is 1. The summed E-state index contributed by atoms with van der Waals surface area (Å²) in [5.41, 5.74) is 0. The molecular weight excluding hydrogens is 216 g/mol. The zero-order valence-corrected chi connectivity index (χ0v) is 10.4. The van der Waals surface area contributed by atoms with E-state index in [-0.39, 0.29) is 0 Å². The lowest BCUT2D eigenvalue weighted by Crippen LogP contribution is -2.28. The molecule has 1 aromatic heterocycles. The summed E-state index contributed by atoms with van der Waals surface area (Å²) in [6.45, 7) is 4.77. The third kappa shape index (κ3) is 2.77. The van der Waals surface area contributed by atoms with Gasteiger partial charge < -0.3 is 14.6 Å². The monoisotopic (exact) mass is 236 g/mol. The number of hydrogen-bond donors (Lipinski definition) is 1. The summed E-state index contributed by atoms with van der Waals surface area (Å²) in [6, 6.07) is 1.38. The van der Waals surface area contributed by atoms with E-state index in [0.717, 1.165) is 25.0 Å². The lowest BCUT2D eigenvalue weighted by molar-refractivity contribution is 0.460. The minimum atomic E-state index is 0.656. The second-order valence-electron chi connectivity index (χ2n) is 5.09. The molecule has 0 aliphatic heterocycles. The summed E-state index contributed by atoms with van der Waals surface area (Å²) in [5, 5.41) is 11.5. The minimum Gasteiger partial charge on any atom is -0.407 e. The highest BCUT2D eigenvalue weighted by molar-refractivity contribution is 5.30. The van der Waals surface area contributed by atoms with Crippen molar-refractivity contribution in [1.29, 1.82) is 0 Å². The third-order valence-electron chi connectivity index (χ3n) is 3.37. The van der Waals surface area contributed by atoms with Crippen LogP contribution in [0.5, 0.6) is 0 Å². The smallest absolute Gasteiger partial charge is 0.318 e. The van der Waals surface area contributed by atoms with E-state index in [2.05, 4.69) is 27.3 Å². The number of rotatable bonds is 7. The standard InChI is InChI=1S/C12H20N4O/c1-2-13-7-11-14-15-12(17-11)16(10-5-6-10)8-9-3-4-9/h9-10,13H,2-8H2,1H3. The Morgan fingerprint density at radius 1 is 1.29 bits per heavy atom. The first kappa shape index (κ1) is 11.0.